The SMILES string of the molecule is Cc1cc(CBr)cnc1N(C)Cc1ccc(F)cc1. The fraction of sp³-hybridized carbons (Fsp3) is 0.267. The van der Waals surface area contributed by atoms with Crippen LogP contribution in [0.4, 0.5) is 10.2 Å². The summed E-state index contributed by atoms with van der Waals surface area (Å²) >= 11 is 3.42. The maximum atomic E-state index is 12.9. The number of aryl methyl sites for hydroxylation is 1. The summed E-state index contributed by atoms with van der Waals surface area (Å²) in [5, 5.41) is 0.808. The van der Waals surface area contributed by atoms with Crippen molar-refractivity contribution >= 4 is 21.7 Å². The Hall–Kier alpha value is -1.42. The van der Waals surface area contributed by atoms with E-state index in [0.29, 0.717) is 6.54 Å². The first-order valence-electron chi connectivity index (χ1n) is 6.07. The number of pyridine rings is 1. The van der Waals surface area contributed by atoms with Gasteiger partial charge in [0.25, 0.3) is 0 Å². The van der Waals surface area contributed by atoms with Gasteiger partial charge in [0, 0.05) is 25.1 Å². The number of nitrogens with zero attached hydrogens (tertiary/aromatic N) is 2. The highest BCUT2D eigenvalue weighted by molar-refractivity contribution is 9.08. The Morgan fingerprint density at radius 2 is 1.89 bits per heavy atom. The molecule has 4 heteroatoms. The molecule has 0 fully saturated rings. The van der Waals surface area contributed by atoms with Crippen molar-refractivity contribution in [3.8, 4) is 0 Å². The van der Waals surface area contributed by atoms with Crippen LogP contribution in [0.5, 0.6) is 0 Å². The molecular formula is C15H16BrFN2. The first-order chi connectivity index (χ1) is 9.10. The van der Waals surface area contributed by atoms with E-state index in [4.69, 9.17) is 0 Å². The number of benzene rings is 1. The van der Waals surface area contributed by atoms with E-state index in [9.17, 15) is 4.39 Å². The van der Waals surface area contributed by atoms with Gasteiger partial charge in [-0.15, -0.1) is 0 Å². The van der Waals surface area contributed by atoms with Crippen molar-refractivity contribution in [1.29, 1.82) is 0 Å². The van der Waals surface area contributed by atoms with Crippen LogP contribution in [0.2, 0.25) is 0 Å². The molecule has 2 aromatic rings. The number of halogens is 2. The van der Waals surface area contributed by atoms with Crippen LogP contribution in [0.3, 0.4) is 0 Å². The molecule has 2 nitrogen and oxygen atoms in total. The molecule has 0 aliphatic heterocycles. The summed E-state index contributed by atoms with van der Waals surface area (Å²) in [5.74, 6) is 0.747. The number of alkyl halides is 1. The molecule has 1 heterocycles. The van der Waals surface area contributed by atoms with E-state index in [-0.39, 0.29) is 5.82 Å². The highest BCUT2D eigenvalue weighted by Crippen LogP contribution is 2.19. The van der Waals surface area contributed by atoms with Crippen LogP contribution in [0.1, 0.15) is 16.7 Å². The second-order valence-electron chi connectivity index (χ2n) is 4.60. The van der Waals surface area contributed by atoms with Gasteiger partial charge in [-0.2, -0.15) is 0 Å². The zero-order chi connectivity index (χ0) is 13.8. The molecular weight excluding hydrogens is 307 g/mol. The number of anilines is 1. The minimum Gasteiger partial charge on any atom is -0.355 e. The Labute approximate surface area is 121 Å². The Morgan fingerprint density at radius 3 is 2.47 bits per heavy atom. The van der Waals surface area contributed by atoms with Gasteiger partial charge in [-0.1, -0.05) is 34.1 Å². The van der Waals surface area contributed by atoms with E-state index in [2.05, 4.69) is 38.8 Å². The first-order valence-corrected chi connectivity index (χ1v) is 7.19. The topological polar surface area (TPSA) is 16.1 Å². The smallest absolute Gasteiger partial charge is 0.131 e. The molecule has 0 atom stereocenters. The third kappa shape index (κ3) is 3.53. The van der Waals surface area contributed by atoms with E-state index >= 15 is 0 Å². The monoisotopic (exact) mass is 322 g/mol. The predicted molar refractivity (Wildman–Crippen MR) is 80.1 cm³/mol. The van der Waals surface area contributed by atoms with Gasteiger partial charge < -0.3 is 4.90 Å². The standard InChI is InChI=1S/C15H16BrFN2/c1-11-7-13(8-16)9-18-15(11)19(2)10-12-3-5-14(17)6-4-12/h3-7,9H,8,10H2,1-2H3. The van der Waals surface area contributed by atoms with Gasteiger partial charge in [0.1, 0.15) is 11.6 Å². The normalized spacial score (nSPS) is 10.5. The van der Waals surface area contributed by atoms with Crippen molar-refractivity contribution < 1.29 is 4.39 Å². The second kappa shape index (κ2) is 6.15. The first kappa shape index (κ1) is 14.0. The lowest BCUT2D eigenvalue weighted by Gasteiger charge is -2.20. The quantitative estimate of drug-likeness (QED) is 0.789. The number of aromatic nitrogens is 1. The molecule has 1 aromatic carbocycles. The van der Waals surface area contributed by atoms with Crippen molar-refractivity contribution in [3.63, 3.8) is 0 Å². The van der Waals surface area contributed by atoms with E-state index < -0.39 is 0 Å². The molecule has 2 rings (SSSR count). The third-order valence-electron chi connectivity index (χ3n) is 2.96. The zero-order valence-electron chi connectivity index (χ0n) is 11.0. The van der Waals surface area contributed by atoms with E-state index in [1.807, 2.05) is 13.2 Å². The molecule has 0 unspecified atom stereocenters. The maximum absolute atomic E-state index is 12.9. The van der Waals surface area contributed by atoms with E-state index in [1.54, 1.807) is 12.1 Å². The molecule has 0 bridgehead atoms. The van der Waals surface area contributed by atoms with Crippen LogP contribution in [0, 0.1) is 12.7 Å². The van der Waals surface area contributed by atoms with Gasteiger partial charge in [-0.05, 0) is 35.7 Å². The van der Waals surface area contributed by atoms with Crippen LogP contribution in [0.25, 0.3) is 0 Å². The molecule has 0 spiro atoms. The Balaban J connectivity index is 2.15. The molecule has 0 amide bonds. The van der Waals surface area contributed by atoms with Crippen molar-refractivity contribution in [1.82, 2.24) is 4.98 Å². The highest BCUT2D eigenvalue weighted by Gasteiger charge is 2.07. The number of hydrogen-bond acceptors (Lipinski definition) is 2. The van der Waals surface area contributed by atoms with Gasteiger partial charge in [0.05, 0.1) is 0 Å². The van der Waals surface area contributed by atoms with Crippen LogP contribution in [-0.2, 0) is 11.9 Å². The van der Waals surface area contributed by atoms with Crippen LogP contribution >= 0.6 is 15.9 Å². The second-order valence-corrected chi connectivity index (χ2v) is 5.16. The molecule has 100 valence electrons. The van der Waals surface area contributed by atoms with E-state index in [0.717, 1.165) is 27.8 Å². The molecule has 1 aromatic heterocycles. The largest absolute Gasteiger partial charge is 0.355 e. The Morgan fingerprint density at radius 1 is 1.21 bits per heavy atom. The number of hydrogen-bond donors (Lipinski definition) is 0. The summed E-state index contributed by atoms with van der Waals surface area (Å²) in [7, 11) is 1.99. The predicted octanol–water partition coefficient (Wildman–Crippen LogP) is 4.06. The van der Waals surface area contributed by atoms with Crippen LogP contribution < -0.4 is 4.90 Å². The highest BCUT2D eigenvalue weighted by atomic mass is 79.9. The van der Waals surface area contributed by atoms with Crippen LogP contribution in [-0.4, -0.2) is 12.0 Å². The van der Waals surface area contributed by atoms with Crippen molar-refractivity contribution in [3.05, 3.63) is 59.0 Å². The minimum absolute atomic E-state index is 0.206. The molecule has 0 aliphatic rings. The van der Waals surface area contributed by atoms with Gasteiger partial charge >= 0.3 is 0 Å². The summed E-state index contributed by atoms with van der Waals surface area (Å²) in [4.78, 5) is 6.55. The lowest BCUT2D eigenvalue weighted by molar-refractivity contribution is 0.627. The van der Waals surface area contributed by atoms with Gasteiger partial charge in [-0.3, -0.25) is 0 Å². The molecule has 19 heavy (non-hydrogen) atoms. The molecule has 0 N–H and O–H groups in total. The summed E-state index contributed by atoms with van der Waals surface area (Å²) in [5.41, 5.74) is 3.37. The summed E-state index contributed by atoms with van der Waals surface area (Å²) in [6.07, 6.45) is 1.87. The van der Waals surface area contributed by atoms with Crippen LogP contribution in [0.15, 0.2) is 36.5 Å². The molecule has 0 aliphatic carbocycles. The Bertz CT molecular complexity index is 555. The molecule has 0 saturated heterocycles. The molecule has 0 radical (unpaired) electrons. The lowest BCUT2D eigenvalue weighted by Crippen LogP contribution is -2.18. The summed E-state index contributed by atoms with van der Waals surface area (Å²) in [6.45, 7) is 2.76. The van der Waals surface area contributed by atoms with Crippen molar-refractivity contribution in [2.45, 2.75) is 18.8 Å². The van der Waals surface area contributed by atoms with Crippen molar-refractivity contribution in [2.24, 2.45) is 0 Å². The Kier molecular flexibility index (Phi) is 4.53. The van der Waals surface area contributed by atoms with Crippen molar-refractivity contribution in [2.75, 3.05) is 11.9 Å². The van der Waals surface area contributed by atoms with Gasteiger partial charge in [0.2, 0.25) is 0 Å². The third-order valence-corrected chi connectivity index (χ3v) is 3.60. The summed E-state index contributed by atoms with van der Waals surface area (Å²) in [6, 6.07) is 8.69. The van der Waals surface area contributed by atoms with E-state index in [1.165, 1.54) is 12.1 Å². The number of rotatable bonds is 4. The average molecular weight is 323 g/mol. The average Bonchev–Trinajstić information content (AvgIpc) is 2.41. The maximum Gasteiger partial charge on any atom is 0.131 e. The summed E-state index contributed by atoms with van der Waals surface area (Å²) < 4.78 is 12.9. The molecule has 0 saturated carbocycles. The zero-order valence-corrected chi connectivity index (χ0v) is 12.6. The minimum atomic E-state index is -0.206. The lowest BCUT2D eigenvalue weighted by atomic mass is 10.2. The van der Waals surface area contributed by atoms with Gasteiger partial charge in [0.15, 0.2) is 0 Å². The van der Waals surface area contributed by atoms with Gasteiger partial charge in [-0.25, -0.2) is 9.37 Å². The fourth-order valence-corrected chi connectivity index (χ4v) is 2.34. The fourth-order valence-electron chi connectivity index (χ4n) is 2.04.